The standard InChI is InChI=1S/C12H26O3S.Ni/c1-2-3-4-5-6-7-8-9-10-11-12-16(13,14)15;/h2-12H2,1H3,(H,13,14,15);. The zero-order chi connectivity index (χ0) is 12.3. The molecule has 0 amide bonds. The van der Waals surface area contributed by atoms with Gasteiger partial charge in [0.05, 0.1) is 5.75 Å². The Morgan fingerprint density at radius 1 is 0.765 bits per heavy atom. The summed E-state index contributed by atoms with van der Waals surface area (Å²) in [6, 6.07) is 0. The Kier molecular flexibility index (Phi) is 14.9. The summed E-state index contributed by atoms with van der Waals surface area (Å²) in [4.78, 5) is 0. The molecule has 0 atom stereocenters. The molecular formula is C12H26NiO3S. The van der Waals surface area contributed by atoms with Crippen LogP contribution >= 0.6 is 0 Å². The summed E-state index contributed by atoms with van der Waals surface area (Å²) in [5, 5.41) is 0. The maximum absolute atomic E-state index is 10.4. The predicted octanol–water partition coefficient (Wildman–Crippen LogP) is 3.79. The maximum Gasteiger partial charge on any atom is 0.264 e. The average molecular weight is 309 g/mol. The molecule has 108 valence electrons. The van der Waals surface area contributed by atoms with E-state index in [4.69, 9.17) is 4.55 Å². The van der Waals surface area contributed by atoms with Gasteiger partial charge in [-0.3, -0.25) is 4.55 Å². The van der Waals surface area contributed by atoms with Gasteiger partial charge in [0, 0.05) is 16.5 Å². The maximum atomic E-state index is 10.4. The van der Waals surface area contributed by atoms with Crippen LogP contribution in [0.5, 0.6) is 0 Å². The monoisotopic (exact) mass is 308 g/mol. The Labute approximate surface area is 116 Å². The van der Waals surface area contributed by atoms with Crippen LogP contribution in [0.25, 0.3) is 0 Å². The first kappa shape index (κ1) is 19.7. The molecule has 0 rings (SSSR count). The second-order valence-electron chi connectivity index (χ2n) is 4.47. The van der Waals surface area contributed by atoms with Crippen LogP contribution in [0.1, 0.15) is 71.1 Å². The van der Waals surface area contributed by atoms with Crippen molar-refractivity contribution in [3.8, 4) is 0 Å². The molecule has 0 aliphatic rings. The third-order valence-corrected chi connectivity index (χ3v) is 3.56. The van der Waals surface area contributed by atoms with Gasteiger partial charge in [-0.2, -0.15) is 8.42 Å². The first-order valence-electron chi connectivity index (χ1n) is 6.51. The smallest absolute Gasteiger partial charge is 0.264 e. The van der Waals surface area contributed by atoms with Gasteiger partial charge in [-0.25, -0.2) is 0 Å². The molecule has 0 fully saturated rings. The van der Waals surface area contributed by atoms with Gasteiger partial charge in [0.25, 0.3) is 10.1 Å². The first-order chi connectivity index (χ1) is 7.56. The van der Waals surface area contributed by atoms with Crippen molar-refractivity contribution < 1.29 is 29.5 Å². The minimum absolute atomic E-state index is 0. The predicted molar refractivity (Wildman–Crippen MR) is 68.3 cm³/mol. The van der Waals surface area contributed by atoms with Gasteiger partial charge in [-0.15, -0.1) is 0 Å². The fourth-order valence-corrected chi connectivity index (χ4v) is 2.34. The quantitative estimate of drug-likeness (QED) is 0.359. The van der Waals surface area contributed by atoms with Crippen LogP contribution < -0.4 is 0 Å². The molecule has 0 unspecified atom stereocenters. The van der Waals surface area contributed by atoms with Crippen molar-refractivity contribution in [3.63, 3.8) is 0 Å². The van der Waals surface area contributed by atoms with Crippen molar-refractivity contribution in [2.24, 2.45) is 0 Å². The Balaban J connectivity index is 0. The molecule has 0 bridgehead atoms. The summed E-state index contributed by atoms with van der Waals surface area (Å²) >= 11 is 0. The molecule has 0 aromatic rings. The van der Waals surface area contributed by atoms with E-state index in [-0.39, 0.29) is 22.2 Å². The van der Waals surface area contributed by atoms with E-state index >= 15 is 0 Å². The summed E-state index contributed by atoms with van der Waals surface area (Å²) in [6.45, 7) is 2.22. The molecule has 0 aromatic heterocycles. The van der Waals surface area contributed by atoms with Crippen molar-refractivity contribution in [2.45, 2.75) is 71.1 Å². The van der Waals surface area contributed by atoms with Gasteiger partial charge in [-0.1, -0.05) is 64.7 Å². The third-order valence-electron chi connectivity index (χ3n) is 2.76. The van der Waals surface area contributed by atoms with Crippen LogP contribution in [0.15, 0.2) is 0 Å². The van der Waals surface area contributed by atoms with Gasteiger partial charge >= 0.3 is 0 Å². The molecule has 0 spiro atoms. The number of unbranched alkanes of at least 4 members (excludes halogenated alkanes) is 9. The molecule has 0 aliphatic heterocycles. The Hall–Kier alpha value is 0.404. The van der Waals surface area contributed by atoms with E-state index < -0.39 is 10.1 Å². The van der Waals surface area contributed by atoms with Gasteiger partial charge in [-0.05, 0) is 6.42 Å². The second kappa shape index (κ2) is 12.8. The molecule has 1 N–H and O–H groups in total. The first-order valence-corrected chi connectivity index (χ1v) is 8.12. The Bertz CT molecular complexity index is 240. The van der Waals surface area contributed by atoms with Crippen LogP contribution in [-0.4, -0.2) is 18.7 Å². The number of hydrogen-bond donors (Lipinski definition) is 1. The number of hydrogen-bond acceptors (Lipinski definition) is 2. The second-order valence-corrected chi connectivity index (χ2v) is 6.04. The minimum atomic E-state index is -3.73. The van der Waals surface area contributed by atoms with Crippen molar-refractivity contribution >= 4 is 10.1 Å². The fraction of sp³-hybridized carbons (Fsp3) is 1.00. The van der Waals surface area contributed by atoms with Gasteiger partial charge in [0.15, 0.2) is 0 Å². The number of rotatable bonds is 11. The van der Waals surface area contributed by atoms with Crippen molar-refractivity contribution in [3.05, 3.63) is 0 Å². The molecule has 0 aromatic carbocycles. The average Bonchev–Trinajstić information content (AvgIpc) is 2.19. The summed E-state index contributed by atoms with van der Waals surface area (Å²) in [5.41, 5.74) is 0. The fourth-order valence-electron chi connectivity index (χ4n) is 1.77. The van der Waals surface area contributed by atoms with Crippen LogP contribution in [0.4, 0.5) is 0 Å². The van der Waals surface area contributed by atoms with E-state index in [0.29, 0.717) is 6.42 Å². The van der Waals surface area contributed by atoms with E-state index in [2.05, 4.69) is 6.92 Å². The molecule has 3 nitrogen and oxygen atoms in total. The molecular weight excluding hydrogens is 283 g/mol. The summed E-state index contributed by atoms with van der Waals surface area (Å²) < 4.78 is 29.4. The van der Waals surface area contributed by atoms with E-state index in [1.54, 1.807) is 0 Å². The van der Waals surface area contributed by atoms with Gasteiger partial charge < -0.3 is 0 Å². The van der Waals surface area contributed by atoms with Crippen molar-refractivity contribution in [2.75, 3.05) is 5.75 Å². The summed E-state index contributed by atoms with van der Waals surface area (Å²) in [5.74, 6) is -0.0799. The topological polar surface area (TPSA) is 54.4 Å². The van der Waals surface area contributed by atoms with Crippen LogP contribution in [0, 0.1) is 0 Å². The minimum Gasteiger partial charge on any atom is -0.286 e. The SMILES string of the molecule is CCCCCCCCCCCCS(=O)(=O)O.[Ni]. The molecule has 17 heavy (non-hydrogen) atoms. The summed E-state index contributed by atoms with van der Waals surface area (Å²) in [7, 11) is -3.73. The van der Waals surface area contributed by atoms with E-state index in [1.165, 1.54) is 44.9 Å². The summed E-state index contributed by atoms with van der Waals surface area (Å²) in [6.07, 6.45) is 11.7. The third kappa shape index (κ3) is 18.9. The van der Waals surface area contributed by atoms with Crippen LogP contribution in [0.3, 0.4) is 0 Å². The van der Waals surface area contributed by atoms with Gasteiger partial charge in [0.2, 0.25) is 0 Å². The molecule has 0 heterocycles. The Morgan fingerprint density at radius 3 is 1.47 bits per heavy atom. The van der Waals surface area contributed by atoms with Crippen LogP contribution in [0.2, 0.25) is 0 Å². The molecule has 0 saturated carbocycles. The van der Waals surface area contributed by atoms with Gasteiger partial charge in [0.1, 0.15) is 0 Å². The van der Waals surface area contributed by atoms with E-state index in [0.717, 1.165) is 12.8 Å². The largest absolute Gasteiger partial charge is 0.286 e. The van der Waals surface area contributed by atoms with Crippen molar-refractivity contribution in [1.29, 1.82) is 0 Å². The Morgan fingerprint density at radius 2 is 1.12 bits per heavy atom. The van der Waals surface area contributed by atoms with E-state index in [9.17, 15) is 8.42 Å². The molecule has 0 aliphatic carbocycles. The molecule has 0 radical (unpaired) electrons. The normalized spacial score (nSPS) is 11.2. The zero-order valence-corrected chi connectivity index (χ0v) is 12.6. The zero-order valence-electron chi connectivity index (χ0n) is 10.8. The van der Waals surface area contributed by atoms with Crippen molar-refractivity contribution in [1.82, 2.24) is 0 Å². The molecule has 5 heteroatoms. The molecule has 0 saturated heterocycles. The van der Waals surface area contributed by atoms with Crippen LogP contribution in [-0.2, 0) is 26.6 Å². The van der Waals surface area contributed by atoms with E-state index in [1.807, 2.05) is 0 Å².